The van der Waals surface area contributed by atoms with Gasteiger partial charge in [-0.3, -0.25) is 8.75 Å². The largest absolute Gasteiger partial charge is 0.411 e. The lowest BCUT2D eigenvalue weighted by Crippen LogP contribution is -2.46. The number of nitrogen functional groups attached to an aromatic ring is 1. The Balaban J connectivity index is 1.88. The van der Waals surface area contributed by atoms with Crippen LogP contribution in [0.25, 0.3) is 11.2 Å². The van der Waals surface area contributed by atoms with Gasteiger partial charge in [0.2, 0.25) is 0 Å². The Morgan fingerprint density at radius 1 is 1.31 bits per heavy atom. The Morgan fingerprint density at radius 2 is 2.00 bits per heavy atom. The van der Waals surface area contributed by atoms with E-state index in [-0.39, 0.29) is 23.6 Å². The topological polar surface area (TPSA) is 157 Å². The molecule has 1 fully saturated rings. The molecule has 0 radical (unpaired) electrons. The second-order valence-corrected chi connectivity index (χ2v) is 14.6. The van der Waals surface area contributed by atoms with Crippen LogP contribution in [0.2, 0.25) is 18.1 Å². The van der Waals surface area contributed by atoms with E-state index in [0.717, 1.165) is 0 Å². The molecule has 0 bridgehead atoms. The maximum Gasteiger partial charge on any atom is 0.333 e. The molecule has 2 aromatic heterocycles. The van der Waals surface area contributed by atoms with Crippen molar-refractivity contribution in [2.45, 2.75) is 63.8 Å². The molecule has 1 aliphatic rings. The zero-order valence-electron chi connectivity index (χ0n) is 17.2. The van der Waals surface area contributed by atoms with E-state index in [4.69, 9.17) is 24.2 Å². The third-order valence-electron chi connectivity index (χ3n) is 5.53. The minimum absolute atomic E-state index is 0.0280. The number of fused-ring (bicyclic) bond motifs is 1. The molecule has 162 valence electrons. The van der Waals surface area contributed by atoms with Gasteiger partial charge in [-0.05, 0) is 18.1 Å². The highest BCUT2D eigenvalue weighted by atomic mass is 32.2. The molecule has 3 atom stereocenters. The van der Waals surface area contributed by atoms with Crippen molar-refractivity contribution in [3.05, 3.63) is 12.7 Å². The first-order chi connectivity index (χ1) is 13.3. The Hall–Kier alpha value is -1.64. The van der Waals surface area contributed by atoms with Gasteiger partial charge in [0.1, 0.15) is 24.2 Å². The first kappa shape index (κ1) is 22.1. The second kappa shape index (κ2) is 7.56. The summed E-state index contributed by atoms with van der Waals surface area (Å²) < 4.78 is 41.7. The predicted octanol–water partition coefficient (Wildman–Crippen LogP) is 1.31. The number of anilines is 1. The van der Waals surface area contributed by atoms with Gasteiger partial charge in [0.15, 0.2) is 19.8 Å². The smallest absolute Gasteiger partial charge is 0.333 e. The van der Waals surface area contributed by atoms with Crippen LogP contribution in [0.3, 0.4) is 0 Å². The van der Waals surface area contributed by atoms with Crippen molar-refractivity contribution in [2.75, 3.05) is 12.3 Å². The Kier molecular flexibility index (Phi) is 5.75. The fourth-order valence-corrected chi connectivity index (χ4v) is 4.63. The first-order valence-electron chi connectivity index (χ1n) is 9.22. The highest BCUT2D eigenvalue weighted by Gasteiger charge is 2.45. The molecule has 0 saturated carbocycles. The average Bonchev–Trinajstić information content (AvgIpc) is 3.15. The van der Waals surface area contributed by atoms with Crippen molar-refractivity contribution in [3.8, 4) is 0 Å². The standard InChI is InChI=1S/C16H28N6O5SSi/c1-16(2,3)29(4,5)27-10-6-12(26-11(10)7-25-28(18,23)24)22-9-21-13-14(17)19-8-20-15(13)22/h8-12H,6-7H2,1-5H3,(H2,17,19,20)(H2,18,23,24)/t10?,11-,12-/m1/s1. The van der Waals surface area contributed by atoms with Gasteiger partial charge >= 0.3 is 10.3 Å². The van der Waals surface area contributed by atoms with E-state index in [9.17, 15) is 8.42 Å². The van der Waals surface area contributed by atoms with Gasteiger partial charge in [-0.1, -0.05) is 20.8 Å². The van der Waals surface area contributed by atoms with Crippen LogP contribution in [0, 0.1) is 0 Å². The van der Waals surface area contributed by atoms with Crippen molar-refractivity contribution < 1.29 is 21.8 Å². The summed E-state index contributed by atoms with van der Waals surface area (Å²) in [6.45, 7) is 10.4. The van der Waals surface area contributed by atoms with E-state index in [1.165, 1.54) is 6.33 Å². The number of rotatable bonds is 6. The molecule has 29 heavy (non-hydrogen) atoms. The lowest BCUT2D eigenvalue weighted by molar-refractivity contribution is -0.0349. The van der Waals surface area contributed by atoms with Crippen LogP contribution in [0.4, 0.5) is 5.82 Å². The number of nitrogens with two attached hydrogens (primary N) is 2. The molecule has 13 heteroatoms. The zero-order valence-corrected chi connectivity index (χ0v) is 19.0. The lowest BCUT2D eigenvalue weighted by atomic mass is 10.2. The SMILES string of the molecule is CC(C)(C)[Si](C)(C)OC1C[C@H](n2cnc3c(N)ncnc32)O[C@@H]1COS(N)(=O)=O. The Labute approximate surface area is 171 Å². The highest BCUT2D eigenvalue weighted by Crippen LogP contribution is 2.41. The van der Waals surface area contributed by atoms with Crippen LogP contribution in [-0.2, 0) is 23.7 Å². The molecular weight excluding hydrogens is 416 g/mol. The average molecular weight is 445 g/mol. The van der Waals surface area contributed by atoms with E-state index < -0.39 is 31.0 Å². The maximum atomic E-state index is 11.3. The summed E-state index contributed by atoms with van der Waals surface area (Å²) in [5, 5.41) is 4.96. The molecular formula is C16H28N6O5SSi. The third-order valence-corrected chi connectivity index (χ3v) is 10.5. The number of aromatic nitrogens is 4. The fourth-order valence-electron chi connectivity index (χ4n) is 2.94. The third kappa shape index (κ3) is 4.75. The van der Waals surface area contributed by atoms with Crippen LogP contribution >= 0.6 is 0 Å². The molecule has 1 aliphatic heterocycles. The van der Waals surface area contributed by atoms with E-state index in [0.29, 0.717) is 17.6 Å². The number of ether oxygens (including phenoxy) is 1. The molecule has 1 unspecified atom stereocenters. The van der Waals surface area contributed by atoms with Gasteiger partial charge in [0, 0.05) is 6.42 Å². The zero-order chi connectivity index (χ0) is 21.6. The van der Waals surface area contributed by atoms with Crippen LogP contribution < -0.4 is 10.9 Å². The summed E-state index contributed by atoms with van der Waals surface area (Å²) >= 11 is 0. The van der Waals surface area contributed by atoms with Crippen LogP contribution in [0.5, 0.6) is 0 Å². The van der Waals surface area contributed by atoms with Gasteiger partial charge in [0.25, 0.3) is 0 Å². The number of hydrogen-bond acceptors (Lipinski definition) is 9. The van der Waals surface area contributed by atoms with Crippen molar-refractivity contribution >= 4 is 35.6 Å². The van der Waals surface area contributed by atoms with Gasteiger partial charge in [-0.2, -0.15) is 8.42 Å². The monoisotopic (exact) mass is 444 g/mol. The summed E-state index contributed by atoms with van der Waals surface area (Å²) in [5.74, 6) is 0.273. The minimum Gasteiger partial charge on any atom is -0.411 e. The van der Waals surface area contributed by atoms with Crippen LogP contribution in [0.15, 0.2) is 12.7 Å². The first-order valence-corrected chi connectivity index (χ1v) is 13.6. The molecule has 0 spiro atoms. The molecule has 0 aliphatic carbocycles. The Morgan fingerprint density at radius 3 is 2.62 bits per heavy atom. The lowest BCUT2D eigenvalue weighted by Gasteiger charge is -2.39. The van der Waals surface area contributed by atoms with E-state index in [1.54, 1.807) is 10.9 Å². The quantitative estimate of drug-likeness (QED) is 0.626. The summed E-state index contributed by atoms with van der Waals surface area (Å²) in [7, 11) is -6.25. The van der Waals surface area contributed by atoms with Crippen molar-refractivity contribution in [1.29, 1.82) is 0 Å². The van der Waals surface area contributed by atoms with E-state index in [2.05, 4.69) is 48.8 Å². The van der Waals surface area contributed by atoms with E-state index in [1.807, 2.05) is 0 Å². The van der Waals surface area contributed by atoms with Crippen molar-refractivity contribution in [2.24, 2.45) is 5.14 Å². The number of nitrogens with zero attached hydrogens (tertiary/aromatic N) is 4. The van der Waals surface area contributed by atoms with Gasteiger partial charge in [-0.15, -0.1) is 0 Å². The van der Waals surface area contributed by atoms with Gasteiger partial charge < -0.3 is 14.9 Å². The van der Waals surface area contributed by atoms with E-state index >= 15 is 0 Å². The van der Waals surface area contributed by atoms with Gasteiger partial charge in [-0.25, -0.2) is 20.1 Å². The molecule has 11 nitrogen and oxygen atoms in total. The highest BCUT2D eigenvalue weighted by molar-refractivity contribution is 7.84. The molecule has 4 N–H and O–H groups in total. The molecule has 2 aromatic rings. The Bertz CT molecular complexity index is 989. The number of hydrogen-bond donors (Lipinski definition) is 2. The summed E-state index contributed by atoms with van der Waals surface area (Å²) in [6.07, 6.45) is 1.94. The van der Waals surface area contributed by atoms with Crippen LogP contribution in [0.1, 0.15) is 33.4 Å². The molecule has 1 saturated heterocycles. The summed E-state index contributed by atoms with van der Waals surface area (Å²) in [6, 6.07) is 0. The fraction of sp³-hybridized carbons (Fsp3) is 0.688. The molecule has 3 rings (SSSR count). The summed E-state index contributed by atoms with van der Waals surface area (Å²) in [5.41, 5.74) is 6.87. The number of imidazole rings is 1. The maximum absolute atomic E-state index is 11.3. The minimum atomic E-state index is -4.10. The molecule has 3 heterocycles. The molecule has 0 aromatic carbocycles. The predicted molar refractivity (Wildman–Crippen MR) is 109 cm³/mol. The van der Waals surface area contributed by atoms with Gasteiger partial charge in [0.05, 0.1) is 19.0 Å². The second-order valence-electron chi connectivity index (χ2n) is 8.64. The van der Waals surface area contributed by atoms with Crippen molar-refractivity contribution in [3.63, 3.8) is 0 Å². The van der Waals surface area contributed by atoms with Crippen LogP contribution in [-0.4, -0.2) is 55.1 Å². The summed E-state index contributed by atoms with van der Waals surface area (Å²) in [4.78, 5) is 12.5. The normalized spacial score (nSPS) is 23.7. The van der Waals surface area contributed by atoms with Crippen molar-refractivity contribution in [1.82, 2.24) is 19.5 Å². The molecule has 0 amide bonds.